The maximum atomic E-state index is 13.3. The van der Waals surface area contributed by atoms with Crippen molar-refractivity contribution in [2.75, 3.05) is 19.7 Å². The van der Waals surface area contributed by atoms with Gasteiger partial charge in [0.15, 0.2) is 0 Å². The highest BCUT2D eigenvalue weighted by molar-refractivity contribution is 7.89. The van der Waals surface area contributed by atoms with Gasteiger partial charge in [-0.05, 0) is 68.4 Å². The number of carbonyl (C=O) groups is 1. The van der Waals surface area contributed by atoms with Crippen LogP contribution in [-0.4, -0.2) is 54.6 Å². The minimum atomic E-state index is -3.93. The average molecular weight is 459 g/mol. The number of nitrogens with zero attached hydrogens (tertiary/aromatic N) is 3. The van der Waals surface area contributed by atoms with Gasteiger partial charge in [0.1, 0.15) is 17.8 Å². The third-order valence-corrected chi connectivity index (χ3v) is 7.63. The number of benzene rings is 1. The molecule has 2 N–H and O–H groups in total. The van der Waals surface area contributed by atoms with Crippen molar-refractivity contribution in [2.45, 2.75) is 50.6 Å². The maximum Gasteiger partial charge on any atom is 0.241 e. The molecule has 0 radical (unpaired) electrons. The van der Waals surface area contributed by atoms with E-state index < -0.39 is 16.1 Å². The van der Waals surface area contributed by atoms with E-state index in [1.165, 1.54) is 0 Å². The molecule has 1 saturated heterocycles. The van der Waals surface area contributed by atoms with Gasteiger partial charge in [-0.15, -0.1) is 0 Å². The van der Waals surface area contributed by atoms with Crippen molar-refractivity contribution in [2.24, 2.45) is 5.92 Å². The Morgan fingerprint density at radius 3 is 2.66 bits per heavy atom. The molecule has 1 fully saturated rings. The standard InChI is InChI=1S/C23H30N4O4S/c1-17-5-6-18(2)22(14-17)32(30,31)25-21(9-13-26-10-3-4-20(26)15-24)23(29)27-11-7-19(16-28)8-12-27/h3-6,10,14,19,21,25,28H,7-9,11-13,16H2,1-2H3. The molecule has 0 saturated carbocycles. The number of aromatic nitrogens is 1. The van der Waals surface area contributed by atoms with Crippen LogP contribution in [0.3, 0.4) is 0 Å². The summed E-state index contributed by atoms with van der Waals surface area (Å²) in [4.78, 5) is 15.2. The summed E-state index contributed by atoms with van der Waals surface area (Å²) < 4.78 is 30.8. The predicted molar refractivity (Wildman–Crippen MR) is 120 cm³/mol. The van der Waals surface area contributed by atoms with E-state index in [-0.39, 0.29) is 29.7 Å². The molecule has 9 heteroatoms. The molecule has 0 bridgehead atoms. The second kappa shape index (κ2) is 10.3. The second-order valence-corrected chi connectivity index (χ2v) is 10.1. The molecule has 1 aliphatic rings. The van der Waals surface area contributed by atoms with E-state index in [1.807, 2.05) is 13.0 Å². The van der Waals surface area contributed by atoms with Crippen molar-refractivity contribution in [1.29, 1.82) is 5.26 Å². The zero-order chi connectivity index (χ0) is 23.3. The largest absolute Gasteiger partial charge is 0.396 e. The van der Waals surface area contributed by atoms with E-state index in [9.17, 15) is 23.6 Å². The molecule has 0 spiro atoms. The van der Waals surface area contributed by atoms with Gasteiger partial charge in [0.2, 0.25) is 15.9 Å². The summed E-state index contributed by atoms with van der Waals surface area (Å²) in [6.45, 7) is 4.94. The number of hydrogen-bond donors (Lipinski definition) is 2. The molecule has 0 aliphatic carbocycles. The number of nitriles is 1. The highest BCUT2D eigenvalue weighted by Gasteiger charge is 2.32. The molecule has 2 aromatic rings. The number of piperidine rings is 1. The number of rotatable bonds is 8. The first-order chi connectivity index (χ1) is 15.2. The van der Waals surface area contributed by atoms with E-state index in [2.05, 4.69) is 10.8 Å². The summed E-state index contributed by atoms with van der Waals surface area (Å²) in [6.07, 6.45) is 3.34. The minimum Gasteiger partial charge on any atom is -0.396 e. The molecular formula is C23H30N4O4S. The van der Waals surface area contributed by atoms with Crippen LogP contribution in [0.4, 0.5) is 0 Å². The van der Waals surface area contributed by atoms with Gasteiger partial charge in [0.05, 0.1) is 4.90 Å². The van der Waals surface area contributed by atoms with Gasteiger partial charge in [0.25, 0.3) is 0 Å². The van der Waals surface area contributed by atoms with Gasteiger partial charge in [-0.3, -0.25) is 4.79 Å². The number of sulfonamides is 1. The van der Waals surface area contributed by atoms with Crippen LogP contribution in [0.25, 0.3) is 0 Å². The average Bonchev–Trinajstić information content (AvgIpc) is 3.25. The van der Waals surface area contributed by atoms with Crippen LogP contribution in [0.5, 0.6) is 0 Å². The summed E-state index contributed by atoms with van der Waals surface area (Å²) in [7, 11) is -3.93. The first kappa shape index (κ1) is 24.0. The predicted octanol–water partition coefficient (Wildman–Crippen LogP) is 1.94. The number of nitrogens with one attached hydrogen (secondary N) is 1. The minimum absolute atomic E-state index is 0.0925. The van der Waals surface area contributed by atoms with Crippen LogP contribution in [0.15, 0.2) is 41.4 Å². The van der Waals surface area contributed by atoms with Crippen molar-refractivity contribution >= 4 is 15.9 Å². The van der Waals surface area contributed by atoms with Crippen molar-refractivity contribution in [3.63, 3.8) is 0 Å². The number of aryl methyl sites for hydroxylation is 3. The molecule has 1 unspecified atom stereocenters. The lowest BCUT2D eigenvalue weighted by Gasteiger charge is -2.34. The molecule has 172 valence electrons. The van der Waals surface area contributed by atoms with Crippen LogP contribution < -0.4 is 4.72 Å². The number of aliphatic hydroxyl groups is 1. The molecule has 8 nitrogen and oxygen atoms in total. The summed E-state index contributed by atoms with van der Waals surface area (Å²) in [5.41, 5.74) is 1.88. The Morgan fingerprint density at radius 2 is 2.00 bits per heavy atom. The fraction of sp³-hybridized carbons (Fsp3) is 0.478. The van der Waals surface area contributed by atoms with Gasteiger partial charge >= 0.3 is 0 Å². The lowest BCUT2D eigenvalue weighted by molar-refractivity contribution is -0.134. The van der Waals surface area contributed by atoms with Crippen LogP contribution in [0.1, 0.15) is 36.1 Å². The summed E-state index contributed by atoms with van der Waals surface area (Å²) in [5.74, 6) is -0.108. The summed E-state index contributed by atoms with van der Waals surface area (Å²) in [6, 6.07) is 9.76. The third kappa shape index (κ3) is 5.57. The van der Waals surface area contributed by atoms with E-state index in [4.69, 9.17) is 0 Å². The van der Waals surface area contributed by atoms with Crippen LogP contribution in [0.2, 0.25) is 0 Å². The Labute approximate surface area is 189 Å². The Morgan fingerprint density at radius 1 is 1.28 bits per heavy atom. The van der Waals surface area contributed by atoms with E-state index in [0.717, 1.165) is 5.56 Å². The first-order valence-corrected chi connectivity index (χ1v) is 12.3. The lowest BCUT2D eigenvalue weighted by atomic mass is 9.97. The lowest BCUT2D eigenvalue weighted by Crippen LogP contribution is -2.51. The summed E-state index contributed by atoms with van der Waals surface area (Å²) in [5, 5.41) is 18.6. The molecule has 1 aromatic carbocycles. The maximum absolute atomic E-state index is 13.3. The van der Waals surface area contributed by atoms with Gasteiger partial charge < -0.3 is 14.6 Å². The zero-order valence-corrected chi connectivity index (χ0v) is 19.3. The molecule has 2 heterocycles. The quantitative estimate of drug-likeness (QED) is 0.627. The Balaban J connectivity index is 1.83. The number of amides is 1. The highest BCUT2D eigenvalue weighted by Crippen LogP contribution is 2.21. The first-order valence-electron chi connectivity index (χ1n) is 10.8. The topological polar surface area (TPSA) is 115 Å². The highest BCUT2D eigenvalue weighted by atomic mass is 32.2. The van der Waals surface area contributed by atoms with E-state index >= 15 is 0 Å². The number of hydrogen-bond acceptors (Lipinski definition) is 5. The SMILES string of the molecule is Cc1ccc(C)c(S(=O)(=O)NC(CCn2cccc2C#N)C(=O)N2CCC(CO)CC2)c1. The molecular weight excluding hydrogens is 428 g/mol. The summed E-state index contributed by atoms with van der Waals surface area (Å²) >= 11 is 0. The number of carbonyl (C=O) groups excluding carboxylic acids is 1. The molecule has 1 atom stereocenters. The fourth-order valence-corrected chi connectivity index (χ4v) is 5.57. The van der Waals surface area contributed by atoms with Gasteiger partial charge in [0, 0.05) is 32.4 Å². The van der Waals surface area contributed by atoms with Crippen LogP contribution >= 0.6 is 0 Å². The molecule has 3 rings (SSSR count). The normalized spacial score (nSPS) is 16.0. The monoisotopic (exact) mass is 458 g/mol. The Bertz CT molecular complexity index is 1100. The Hall–Kier alpha value is -2.67. The van der Waals surface area contributed by atoms with E-state index in [0.29, 0.717) is 43.7 Å². The van der Waals surface area contributed by atoms with Crippen molar-refractivity contribution in [3.05, 3.63) is 53.3 Å². The molecule has 32 heavy (non-hydrogen) atoms. The number of aliphatic hydroxyl groups excluding tert-OH is 1. The molecule has 1 amide bonds. The van der Waals surface area contributed by atoms with Crippen molar-refractivity contribution in [3.8, 4) is 6.07 Å². The molecule has 1 aliphatic heterocycles. The smallest absolute Gasteiger partial charge is 0.241 e. The van der Waals surface area contributed by atoms with Crippen molar-refractivity contribution < 1.29 is 18.3 Å². The van der Waals surface area contributed by atoms with Gasteiger partial charge in [-0.1, -0.05) is 12.1 Å². The van der Waals surface area contributed by atoms with Crippen LogP contribution in [0, 0.1) is 31.1 Å². The zero-order valence-electron chi connectivity index (χ0n) is 18.5. The van der Waals surface area contributed by atoms with Gasteiger partial charge in [-0.25, -0.2) is 8.42 Å². The van der Waals surface area contributed by atoms with Crippen LogP contribution in [-0.2, 0) is 21.4 Å². The fourth-order valence-electron chi connectivity index (χ4n) is 4.02. The van der Waals surface area contributed by atoms with Gasteiger partial charge in [-0.2, -0.15) is 9.98 Å². The number of likely N-dealkylation sites (tertiary alicyclic amines) is 1. The molecule has 1 aromatic heterocycles. The Kier molecular flexibility index (Phi) is 7.72. The van der Waals surface area contributed by atoms with Crippen molar-refractivity contribution in [1.82, 2.24) is 14.2 Å². The third-order valence-electron chi connectivity index (χ3n) is 6.02. The second-order valence-electron chi connectivity index (χ2n) is 8.38. The van der Waals surface area contributed by atoms with E-state index in [1.54, 1.807) is 46.9 Å².